The number of anilines is 1. The zero-order valence-corrected chi connectivity index (χ0v) is 10.1. The van der Waals surface area contributed by atoms with Gasteiger partial charge in [-0.25, -0.2) is 4.98 Å². The van der Waals surface area contributed by atoms with Crippen LogP contribution in [0.5, 0.6) is 0 Å². The standard InChI is InChI=1S/C7H10BrN3O2S/c1-11(2)14(12,13)10-7-5-6(8)3-4-9-7/h3-5H,1-2H3,(H,9,10). The first kappa shape index (κ1) is 11.4. The van der Waals surface area contributed by atoms with Gasteiger partial charge in [0.25, 0.3) is 0 Å². The summed E-state index contributed by atoms with van der Waals surface area (Å²) in [7, 11) is -0.578. The van der Waals surface area contributed by atoms with Crippen molar-refractivity contribution in [2.75, 3.05) is 18.8 Å². The second-order valence-corrected chi connectivity index (χ2v) is 5.55. The van der Waals surface area contributed by atoms with E-state index < -0.39 is 10.2 Å². The molecule has 0 spiro atoms. The van der Waals surface area contributed by atoms with Crippen molar-refractivity contribution in [1.29, 1.82) is 0 Å². The zero-order chi connectivity index (χ0) is 10.8. The van der Waals surface area contributed by atoms with Gasteiger partial charge in [0, 0.05) is 24.8 Å². The van der Waals surface area contributed by atoms with Crippen LogP contribution in [0.3, 0.4) is 0 Å². The van der Waals surface area contributed by atoms with Crippen LogP contribution in [0.2, 0.25) is 0 Å². The Morgan fingerprint density at radius 2 is 2.14 bits per heavy atom. The van der Waals surface area contributed by atoms with Crippen LogP contribution in [0.1, 0.15) is 0 Å². The first-order chi connectivity index (χ1) is 6.42. The van der Waals surface area contributed by atoms with Crippen LogP contribution < -0.4 is 4.72 Å². The molecule has 0 aliphatic carbocycles. The van der Waals surface area contributed by atoms with E-state index in [9.17, 15) is 8.42 Å². The van der Waals surface area contributed by atoms with Crippen molar-refractivity contribution in [3.8, 4) is 0 Å². The quantitative estimate of drug-likeness (QED) is 0.900. The molecule has 0 aliphatic rings. The molecule has 0 unspecified atom stereocenters. The first-order valence-electron chi connectivity index (χ1n) is 3.73. The number of nitrogens with one attached hydrogen (secondary N) is 1. The van der Waals surface area contributed by atoms with Gasteiger partial charge in [0.15, 0.2) is 0 Å². The number of hydrogen-bond donors (Lipinski definition) is 1. The Labute approximate surface area is 91.5 Å². The molecule has 1 N–H and O–H groups in total. The van der Waals surface area contributed by atoms with Gasteiger partial charge in [-0.15, -0.1) is 0 Å². The highest BCUT2D eigenvalue weighted by atomic mass is 79.9. The normalized spacial score (nSPS) is 11.7. The average molecular weight is 280 g/mol. The third-order valence-corrected chi connectivity index (χ3v) is 3.36. The highest BCUT2D eigenvalue weighted by molar-refractivity contribution is 9.10. The number of nitrogens with zero attached hydrogens (tertiary/aromatic N) is 2. The Morgan fingerprint density at radius 3 is 2.64 bits per heavy atom. The number of aromatic nitrogens is 1. The van der Waals surface area contributed by atoms with Crippen LogP contribution in [-0.2, 0) is 10.2 Å². The fourth-order valence-corrected chi connectivity index (χ4v) is 1.58. The van der Waals surface area contributed by atoms with E-state index >= 15 is 0 Å². The molecule has 0 amide bonds. The summed E-state index contributed by atoms with van der Waals surface area (Å²) in [6.07, 6.45) is 1.51. The molecule has 0 aromatic carbocycles. The van der Waals surface area contributed by atoms with Gasteiger partial charge in [-0.3, -0.25) is 4.72 Å². The van der Waals surface area contributed by atoms with Crippen LogP contribution in [0, 0.1) is 0 Å². The molecule has 0 radical (unpaired) electrons. The van der Waals surface area contributed by atoms with Gasteiger partial charge in [0.05, 0.1) is 0 Å². The SMILES string of the molecule is CN(C)S(=O)(=O)Nc1cc(Br)ccn1. The monoisotopic (exact) mass is 279 g/mol. The van der Waals surface area contributed by atoms with Crippen LogP contribution in [0.25, 0.3) is 0 Å². The van der Waals surface area contributed by atoms with Crippen molar-refractivity contribution < 1.29 is 8.42 Å². The van der Waals surface area contributed by atoms with Gasteiger partial charge in [0.2, 0.25) is 0 Å². The van der Waals surface area contributed by atoms with E-state index in [-0.39, 0.29) is 5.82 Å². The summed E-state index contributed by atoms with van der Waals surface area (Å²) in [4.78, 5) is 3.86. The van der Waals surface area contributed by atoms with Crippen molar-refractivity contribution in [2.24, 2.45) is 0 Å². The topological polar surface area (TPSA) is 62.3 Å². The lowest BCUT2D eigenvalue weighted by molar-refractivity contribution is 0.526. The fraction of sp³-hybridized carbons (Fsp3) is 0.286. The Morgan fingerprint density at radius 1 is 1.50 bits per heavy atom. The molecule has 78 valence electrons. The Balaban J connectivity index is 2.90. The van der Waals surface area contributed by atoms with Crippen molar-refractivity contribution in [3.05, 3.63) is 22.8 Å². The predicted octanol–water partition coefficient (Wildman–Crippen LogP) is 1.06. The lowest BCUT2D eigenvalue weighted by atomic mass is 10.5. The second kappa shape index (κ2) is 4.24. The Bertz CT molecular complexity index is 419. The van der Waals surface area contributed by atoms with E-state index in [0.29, 0.717) is 0 Å². The number of pyridine rings is 1. The van der Waals surface area contributed by atoms with Crippen molar-refractivity contribution in [3.63, 3.8) is 0 Å². The van der Waals surface area contributed by atoms with Crippen LogP contribution >= 0.6 is 15.9 Å². The van der Waals surface area contributed by atoms with E-state index in [0.717, 1.165) is 8.78 Å². The molecule has 1 rings (SSSR count). The van der Waals surface area contributed by atoms with Gasteiger partial charge in [-0.1, -0.05) is 15.9 Å². The summed E-state index contributed by atoms with van der Waals surface area (Å²) >= 11 is 3.22. The summed E-state index contributed by atoms with van der Waals surface area (Å²) in [6, 6.07) is 3.30. The minimum absolute atomic E-state index is 0.285. The minimum Gasteiger partial charge on any atom is -0.254 e. The minimum atomic E-state index is -3.47. The molecule has 1 heterocycles. The maximum absolute atomic E-state index is 11.4. The molecule has 0 atom stereocenters. The number of hydrogen-bond acceptors (Lipinski definition) is 3. The molecular formula is C7H10BrN3O2S. The van der Waals surface area contributed by atoms with Crippen LogP contribution in [0.15, 0.2) is 22.8 Å². The summed E-state index contributed by atoms with van der Waals surface area (Å²) < 4.78 is 26.9. The molecule has 7 heteroatoms. The molecule has 0 saturated carbocycles. The van der Waals surface area contributed by atoms with Gasteiger partial charge in [0.1, 0.15) is 5.82 Å². The van der Waals surface area contributed by atoms with E-state index in [1.807, 2.05) is 0 Å². The maximum Gasteiger partial charge on any atom is 0.302 e. The molecule has 1 aromatic rings. The molecule has 0 fully saturated rings. The van der Waals surface area contributed by atoms with Crippen molar-refractivity contribution in [1.82, 2.24) is 9.29 Å². The lowest BCUT2D eigenvalue weighted by Gasteiger charge is -2.12. The van der Waals surface area contributed by atoms with Gasteiger partial charge in [-0.2, -0.15) is 12.7 Å². The molecule has 5 nitrogen and oxygen atoms in total. The molecule has 14 heavy (non-hydrogen) atoms. The number of rotatable bonds is 3. The maximum atomic E-state index is 11.4. The van der Waals surface area contributed by atoms with Crippen LogP contribution in [-0.4, -0.2) is 31.8 Å². The smallest absolute Gasteiger partial charge is 0.254 e. The lowest BCUT2D eigenvalue weighted by Crippen LogP contribution is -2.29. The highest BCUT2D eigenvalue weighted by Crippen LogP contribution is 2.14. The second-order valence-electron chi connectivity index (χ2n) is 2.75. The van der Waals surface area contributed by atoms with Crippen LogP contribution in [0.4, 0.5) is 5.82 Å². The summed E-state index contributed by atoms with van der Waals surface area (Å²) in [6.45, 7) is 0. The van der Waals surface area contributed by atoms with Gasteiger partial charge < -0.3 is 0 Å². The fourth-order valence-electron chi connectivity index (χ4n) is 0.684. The molecule has 1 aromatic heterocycles. The van der Waals surface area contributed by atoms with E-state index in [2.05, 4.69) is 25.6 Å². The molecule has 0 saturated heterocycles. The van der Waals surface area contributed by atoms with Crippen molar-refractivity contribution >= 4 is 32.0 Å². The average Bonchev–Trinajstić information content (AvgIpc) is 2.02. The predicted molar refractivity (Wildman–Crippen MR) is 58.2 cm³/mol. The van der Waals surface area contributed by atoms with E-state index in [1.165, 1.54) is 20.3 Å². The molecule has 0 bridgehead atoms. The van der Waals surface area contributed by atoms with Gasteiger partial charge >= 0.3 is 10.2 Å². The van der Waals surface area contributed by atoms with Gasteiger partial charge in [-0.05, 0) is 12.1 Å². The van der Waals surface area contributed by atoms with E-state index in [1.54, 1.807) is 12.1 Å². The first-order valence-corrected chi connectivity index (χ1v) is 5.97. The zero-order valence-electron chi connectivity index (χ0n) is 7.73. The third-order valence-electron chi connectivity index (χ3n) is 1.44. The Kier molecular flexibility index (Phi) is 3.46. The van der Waals surface area contributed by atoms with Crippen molar-refractivity contribution in [2.45, 2.75) is 0 Å². The molecular weight excluding hydrogens is 270 g/mol. The molecule has 0 aliphatic heterocycles. The summed E-state index contributed by atoms with van der Waals surface area (Å²) in [5.74, 6) is 0.285. The van der Waals surface area contributed by atoms with E-state index in [4.69, 9.17) is 0 Å². The Hall–Kier alpha value is -0.660. The third kappa shape index (κ3) is 2.93. The largest absolute Gasteiger partial charge is 0.302 e. The summed E-state index contributed by atoms with van der Waals surface area (Å²) in [5, 5.41) is 0. The highest BCUT2D eigenvalue weighted by Gasteiger charge is 2.13. The summed E-state index contributed by atoms with van der Waals surface area (Å²) in [5.41, 5.74) is 0. The number of halogens is 1.